The Kier molecular flexibility index (Phi) is 4.79. The van der Waals surface area contributed by atoms with Crippen LogP contribution < -0.4 is 10.9 Å². The van der Waals surface area contributed by atoms with Crippen molar-refractivity contribution in [2.24, 2.45) is 0 Å². The van der Waals surface area contributed by atoms with E-state index in [-0.39, 0.29) is 6.54 Å². The summed E-state index contributed by atoms with van der Waals surface area (Å²) < 4.78 is 37.5. The van der Waals surface area contributed by atoms with E-state index in [1.165, 1.54) is 6.92 Å². The number of aliphatic hydroxyl groups is 1. The van der Waals surface area contributed by atoms with Gasteiger partial charge < -0.3 is 15.4 Å². The quantitative estimate of drug-likeness (QED) is 0.796. The van der Waals surface area contributed by atoms with Gasteiger partial charge in [0.2, 0.25) is 0 Å². The summed E-state index contributed by atoms with van der Waals surface area (Å²) >= 11 is 0. The first kappa shape index (κ1) is 17.7. The minimum Gasteiger partial charge on any atom is -0.384 e. The lowest BCUT2D eigenvalue weighted by Gasteiger charge is -2.24. The Labute approximate surface area is 135 Å². The van der Waals surface area contributed by atoms with Crippen molar-refractivity contribution in [1.82, 2.24) is 10.3 Å². The molecule has 1 amide bonds. The highest BCUT2D eigenvalue weighted by Crippen LogP contribution is 2.26. The molecule has 0 radical (unpaired) electrons. The predicted octanol–water partition coefficient (Wildman–Crippen LogP) is 2.03. The monoisotopic (exact) mass is 340 g/mol. The largest absolute Gasteiger partial charge is 0.431 e. The summed E-state index contributed by atoms with van der Waals surface area (Å²) in [4.78, 5) is 25.2. The number of pyridine rings is 1. The summed E-state index contributed by atoms with van der Waals surface area (Å²) in [6, 6.07) is 9.94. The Balaban J connectivity index is 2.12. The summed E-state index contributed by atoms with van der Waals surface area (Å²) in [7, 11) is 0. The molecule has 3 N–H and O–H groups in total. The summed E-state index contributed by atoms with van der Waals surface area (Å²) in [6.07, 6.45) is -4.70. The van der Waals surface area contributed by atoms with Crippen molar-refractivity contribution in [2.45, 2.75) is 18.7 Å². The van der Waals surface area contributed by atoms with Gasteiger partial charge in [0.25, 0.3) is 11.5 Å². The van der Waals surface area contributed by atoms with Gasteiger partial charge in [-0.05, 0) is 24.6 Å². The topological polar surface area (TPSA) is 82.2 Å². The lowest BCUT2D eigenvalue weighted by molar-refractivity contribution is -0.141. The highest BCUT2D eigenvalue weighted by molar-refractivity contribution is 5.93. The number of carbonyl (C=O) groups is 1. The molecule has 0 aliphatic rings. The Morgan fingerprint density at radius 3 is 2.33 bits per heavy atom. The van der Waals surface area contributed by atoms with Crippen molar-refractivity contribution in [1.29, 1.82) is 0 Å². The standard InChI is InChI=1S/C16H15F3N2O3/c1-15(24,10-5-3-2-4-6-10)9-20-13(22)11-7-8-12(16(17,18)19)21-14(11)23/h2-8,24H,9H2,1H3,(H,20,22)(H,21,23). The fraction of sp³-hybridized carbons (Fsp3) is 0.250. The van der Waals surface area contributed by atoms with Crippen LogP contribution in [0.25, 0.3) is 0 Å². The third-order valence-electron chi connectivity index (χ3n) is 3.45. The first-order valence-electron chi connectivity index (χ1n) is 6.98. The van der Waals surface area contributed by atoms with Gasteiger partial charge in [-0.25, -0.2) is 0 Å². The molecular formula is C16H15F3N2O3. The smallest absolute Gasteiger partial charge is 0.384 e. The number of benzene rings is 1. The molecule has 1 heterocycles. The number of H-pyrrole nitrogens is 1. The second kappa shape index (κ2) is 6.48. The molecule has 0 saturated carbocycles. The summed E-state index contributed by atoms with van der Waals surface area (Å²) in [6.45, 7) is 1.26. The van der Waals surface area contributed by atoms with Crippen LogP contribution in [-0.4, -0.2) is 22.5 Å². The van der Waals surface area contributed by atoms with Gasteiger partial charge in [-0.15, -0.1) is 0 Å². The molecule has 24 heavy (non-hydrogen) atoms. The molecule has 0 aliphatic carbocycles. The molecule has 5 nitrogen and oxygen atoms in total. The maximum Gasteiger partial charge on any atom is 0.431 e. The average Bonchev–Trinajstić information content (AvgIpc) is 2.52. The third kappa shape index (κ3) is 4.02. The van der Waals surface area contributed by atoms with Gasteiger partial charge in [0.1, 0.15) is 16.9 Å². The Morgan fingerprint density at radius 1 is 1.17 bits per heavy atom. The molecule has 0 aliphatic heterocycles. The number of halogens is 3. The molecule has 1 unspecified atom stereocenters. The number of aromatic nitrogens is 1. The van der Waals surface area contributed by atoms with Crippen molar-refractivity contribution < 1.29 is 23.1 Å². The van der Waals surface area contributed by atoms with Crippen LogP contribution in [0.15, 0.2) is 47.3 Å². The van der Waals surface area contributed by atoms with Crippen LogP contribution in [0, 0.1) is 0 Å². The maximum absolute atomic E-state index is 12.5. The zero-order valence-corrected chi connectivity index (χ0v) is 12.6. The lowest BCUT2D eigenvalue weighted by Crippen LogP contribution is -2.40. The fourth-order valence-electron chi connectivity index (χ4n) is 2.06. The molecule has 0 spiro atoms. The normalized spacial score (nSPS) is 14.0. The molecule has 1 aromatic heterocycles. The van der Waals surface area contributed by atoms with Crippen molar-refractivity contribution in [3.8, 4) is 0 Å². The van der Waals surface area contributed by atoms with E-state index in [0.717, 1.165) is 6.07 Å². The number of rotatable bonds is 4. The van der Waals surface area contributed by atoms with Gasteiger partial charge in [0, 0.05) is 0 Å². The minimum atomic E-state index is -4.70. The number of carbonyl (C=O) groups excluding carboxylic acids is 1. The van der Waals surface area contributed by atoms with Crippen LogP contribution in [0.3, 0.4) is 0 Å². The average molecular weight is 340 g/mol. The van der Waals surface area contributed by atoms with E-state index in [9.17, 15) is 27.9 Å². The number of amides is 1. The zero-order chi connectivity index (χ0) is 18.0. The van der Waals surface area contributed by atoms with Gasteiger partial charge in [-0.1, -0.05) is 30.3 Å². The van der Waals surface area contributed by atoms with E-state index >= 15 is 0 Å². The summed E-state index contributed by atoms with van der Waals surface area (Å²) in [5.74, 6) is -0.874. The van der Waals surface area contributed by atoms with Crippen molar-refractivity contribution in [3.63, 3.8) is 0 Å². The van der Waals surface area contributed by atoms with Gasteiger partial charge in [-0.2, -0.15) is 13.2 Å². The first-order chi connectivity index (χ1) is 11.1. The molecule has 1 aromatic carbocycles. The van der Waals surface area contributed by atoms with E-state index in [4.69, 9.17) is 0 Å². The Hall–Kier alpha value is -2.61. The first-order valence-corrected chi connectivity index (χ1v) is 6.98. The second-order valence-corrected chi connectivity index (χ2v) is 5.44. The van der Waals surface area contributed by atoms with Gasteiger partial charge in [0.05, 0.1) is 6.54 Å². The molecule has 0 saturated heterocycles. The number of alkyl halides is 3. The van der Waals surface area contributed by atoms with Crippen LogP contribution in [-0.2, 0) is 11.8 Å². The third-order valence-corrected chi connectivity index (χ3v) is 3.45. The zero-order valence-electron chi connectivity index (χ0n) is 12.6. The molecule has 8 heteroatoms. The molecular weight excluding hydrogens is 325 g/mol. The molecule has 128 valence electrons. The number of aromatic amines is 1. The molecule has 0 bridgehead atoms. The highest BCUT2D eigenvalue weighted by atomic mass is 19.4. The van der Waals surface area contributed by atoms with Gasteiger partial charge in [-0.3, -0.25) is 9.59 Å². The minimum absolute atomic E-state index is 0.212. The highest BCUT2D eigenvalue weighted by Gasteiger charge is 2.32. The van der Waals surface area contributed by atoms with Crippen LogP contribution in [0.5, 0.6) is 0 Å². The van der Waals surface area contributed by atoms with Crippen LogP contribution in [0.4, 0.5) is 13.2 Å². The summed E-state index contributed by atoms with van der Waals surface area (Å²) in [5.41, 5.74) is -3.70. The Morgan fingerprint density at radius 2 is 1.79 bits per heavy atom. The summed E-state index contributed by atoms with van der Waals surface area (Å²) in [5, 5.41) is 12.7. The SMILES string of the molecule is CC(O)(CNC(=O)c1ccc(C(F)(F)F)[nH]c1=O)c1ccccc1. The van der Waals surface area contributed by atoms with Crippen LogP contribution in [0.2, 0.25) is 0 Å². The van der Waals surface area contributed by atoms with Crippen molar-refractivity contribution >= 4 is 5.91 Å². The molecule has 2 rings (SSSR count). The van der Waals surface area contributed by atoms with Crippen LogP contribution >= 0.6 is 0 Å². The number of hydrogen-bond acceptors (Lipinski definition) is 3. The fourth-order valence-corrected chi connectivity index (χ4v) is 2.06. The van der Waals surface area contributed by atoms with E-state index < -0.39 is 34.5 Å². The second-order valence-electron chi connectivity index (χ2n) is 5.44. The van der Waals surface area contributed by atoms with Gasteiger partial charge in [0.15, 0.2) is 0 Å². The molecule has 1 atom stereocenters. The van der Waals surface area contributed by atoms with Crippen LogP contribution in [0.1, 0.15) is 28.5 Å². The van der Waals surface area contributed by atoms with Crippen molar-refractivity contribution in [3.05, 3.63) is 69.6 Å². The molecule has 0 fully saturated rings. The van der Waals surface area contributed by atoms with E-state index in [2.05, 4.69) is 5.32 Å². The lowest BCUT2D eigenvalue weighted by atomic mass is 9.96. The van der Waals surface area contributed by atoms with E-state index in [0.29, 0.717) is 11.6 Å². The van der Waals surface area contributed by atoms with E-state index in [1.807, 2.05) is 0 Å². The maximum atomic E-state index is 12.5. The number of hydrogen-bond donors (Lipinski definition) is 3. The van der Waals surface area contributed by atoms with E-state index in [1.54, 1.807) is 35.3 Å². The molecule has 2 aromatic rings. The Bertz CT molecular complexity index is 783. The van der Waals surface area contributed by atoms with Gasteiger partial charge >= 0.3 is 6.18 Å². The predicted molar refractivity (Wildman–Crippen MR) is 80.4 cm³/mol. The van der Waals surface area contributed by atoms with Crippen molar-refractivity contribution in [2.75, 3.05) is 6.54 Å². The number of nitrogens with one attached hydrogen (secondary N) is 2.